The first-order valence-corrected chi connectivity index (χ1v) is 13.3. The van der Waals surface area contributed by atoms with Crippen molar-refractivity contribution in [2.24, 2.45) is 5.92 Å². The Balaban J connectivity index is 1.60. The van der Waals surface area contributed by atoms with Gasteiger partial charge in [-0.05, 0) is 37.0 Å². The normalized spacial score (nSPS) is 23.4. The van der Waals surface area contributed by atoms with Gasteiger partial charge in [-0.25, -0.2) is 0 Å². The van der Waals surface area contributed by atoms with E-state index in [2.05, 4.69) is 13.8 Å². The molecule has 0 saturated carbocycles. The summed E-state index contributed by atoms with van der Waals surface area (Å²) in [5.41, 5.74) is 0.855. The van der Waals surface area contributed by atoms with Crippen LogP contribution in [0.15, 0.2) is 18.2 Å². The summed E-state index contributed by atoms with van der Waals surface area (Å²) >= 11 is 0. The third kappa shape index (κ3) is 5.77. The van der Waals surface area contributed by atoms with Gasteiger partial charge < -0.3 is 24.4 Å². The maximum atomic E-state index is 13.5. The number of aliphatic carboxylic acids is 1. The number of likely N-dealkylation sites (tertiary alicyclic amines) is 2. The van der Waals surface area contributed by atoms with Gasteiger partial charge in [-0.3, -0.25) is 19.3 Å². The van der Waals surface area contributed by atoms with E-state index < -0.39 is 17.9 Å². The number of carboxylic acid groups (broad SMARTS) is 1. The Bertz CT molecular complexity index is 945. The van der Waals surface area contributed by atoms with Crippen molar-refractivity contribution in [2.45, 2.75) is 64.3 Å². The summed E-state index contributed by atoms with van der Waals surface area (Å²) in [6, 6.07) is 5.14. The number of hydrogen-bond donors (Lipinski definition) is 1. The van der Waals surface area contributed by atoms with Crippen LogP contribution in [0.1, 0.15) is 63.9 Å². The molecule has 9 heteroatoms. The van der Waals surface area contributed by atoms with Crippen molar-refractivity contribution >= 4 is 17.8 Å². The maximum absolute atomic E-state index is 13.5. The molecule has 1 aromatic carbocycles. The molecule has 3 aliphatic rings. The first-order valence-electron chi connectivity index (χ1n) is 13.3. The number of nitrogens with zero attached hydrogens (tertiary/aromatic N) is 3. The fourth-order valence-electron chi connectivity index (χ4n) is 5.66. The fraction of sp³-hybridized carbons (Fsp3) is 0.667. The zero-order valence-electron chi connectivity index (χ0n) is 21.5. The van der Waals surface area contributed by atoms with Gasteiger partial charge in [0.25, 0.3) is 0 Å². The lowest BCUT2D eigenvalue weighted by atomic mass is 9.85. The number of ether oxygens (including phenoxy) is 2. The molecular formula is C27H39N3O6. The zero-order chi connectivity index (χ0) is 25.7. The predicted molar refractivity (Wildman–Crippen MR) is 134 cm³/mol. The quantitative estimate of drug-likeness (QED) is 0.470. The van der Waals surface area contributed by atoms with E-state index in [9.17, 15) is 19.5 Å². The van der Waals surface area contributed by atoms with Crippen molar-refractivity contribution in [2.75, 3.05) is 46.1 Å². The highest BCUT2D eigenvalue weighted by molar-refractivity contribution is 5.80. The monoisotopic (exact) mass is 501 g/mol. The Hall–Kier alpha value is -2.81. The fourth-order valence-corrected chi connectivity index (χ4v) is 5.66. The van der Waals surface area contributed by atoms with Crippen LogP contribution in [-0.4, -0.2) is 89.7 Å². The molecule has 2 fully saturated rings. The van der Waals surface area contributed by atoms with E-state index in [-0.39, 0.29) is 31.1 Å². The molecular weight excluding hydrogens is 462 g/mol. The van der Waals surface area contributed by atoms with Gasteiger partial charge in [0, 0.05) is 51.1 Å². The van der Waals surface area contributed by atoms with E-state index in [1.54, 1.807) is 4.90 Å². The largest absolute Gasteiger partial charge is 0.481 e. The summed E-state index contributed by atoms with van der Waals surface area (Å²) < 4.78 is 11.0. The molecule has 1 aromatic rings. The van der Waals surface area contributed by atoms with E-state index in [4.69, 9.17) is 9.47 Å². The molecule has 0 aliphatic carbocycles. The molecule has 1 N–H and O–H groups in total. The molecule has 9 nitrogen and oxygen atoms in total. The van der Waals surface area contributed by atoms with Crippen LogP contribution in [0.4, 0.5) is 0 Å². The topological polar surface area (TPSA) is 99.6 Å². The summed E-state index contributed by atoms with van der Waals surface area (Å²) in [5.74, 6) is -0.619. The van der Waals surface area contributed by atoms with Crippen LogP contribution in [0.3, 0.4) is 0 Å². The van der Waals surface area contributed by atoms with Gasteiger partial charge in [0.05, 0.1) is 12.5 Å². The number of rotatable bonds is 12. The zero-order valence-corrected chi connectivity index (χ0v) is 21.5. The number of amides is 2. The Morgan fingerprint density at radius 3 is 2.47 bits per heavy atom. The SMILES string of the molecule is CCCCN(CCCC)C(=O)CN1C[C@H](c2ccc3c(c2)OCO3)[C@@H](C(=O)O)[C@@H]1CN1CCCC1=O. The first-order chi connectivity index (χ1) is 17.4. The third-order valence-electron chi connectivity index (χ3n) is 7.69. The van der Waals surface area contributed by atoms with Crippen molar-refractivity contribution in [1.82, 2.24) is 14.7 Å². The van der Waals surface area contributed by atoms with E-state index in [0.717, 1.165) is 37.7 Å². The van der Waals surface area contributed by atoms with Crippen molar-refractivity contribution < 1.29 is 29.0 Å². The highest BCUT2D eigenvalue weighted by Crippen LogP contribution is 2.42. The molecule has 0 aromatic heterocycles. The molecule has 4 rings (SSSR count). The third-order valence-corrected chi connectivity index (χ3v) is 7.69. The summed E-state index contributed by atoms with van der Waals surface area (Å²) in [6.07, 6.45) is 5.18. The lowest BCUT2D eigenvalue weighted by Gasteiger charge is -2.32. The van der Waals surface area contributed by atoms with E-state index in [0.29, 0.717) is 50.6 Å². The smallest absolute Gasteiger partial charge is 0.308 e. The van der Waals surface area contributed by atoms with Crippen LogP contribution < -0.4 is 9.47 Å². The van der Waals surface area contributed by atoms with Gasteiger partial charge in [-0.1, -0.05) is 32.8 Å². The average molecular weight is 502 g/mol. The minimum atomic E-state index is -0.905. The highest BCUT2D eigenvalue weighted by atomic mass is 16.7. The van der Waals surface area contributed by atoms with Gasteiger partial charge in [-0.2, -0.15) is 0 Å². The van der Waals surface area contributed by atoms with Gasteiger partial charge in [-0.15, -0.1) is 0 Å². The molecule has 36 heavy (non-hydrogen) atoms. The minimum absolute atomic E-state index is 0.0325. The summed E-state index contributed by atoms with van der Waals surface area (Å²) in [5, 5.41) is 10.4. The van der Waals surface area contributed by atoms with Crippen LogP contribution in [0.2, 0.25) is 0 Å². The summed E-state index contributed by atoms with van der Waals surface area (Å²) in [7, 11) is 0. The van der Waals surface area contributed by atoms with Gasteiger partial charge >= 0.3 is 5.97 Å². The second kappa shape index (κ2) is 12.0. The number of carbonyl (C=O) groups excluding carboxylic acids is 2. The Morgan fingerprint density at radius 1 is 1.11 bits per heavy atom. The standard InChI is InChI=1S/C27H39N3O6/c1-3-5-11-28(12-6-4-2)25(32)17-30-15-20(19-9-10-22-23(14-19)36-18-35-22)26(27(33)34)21(30)16-29-13-7-8-24(29)31/h9-10,14,20-21,26H,3-8,11-13,15-18H2,1-2H3,(H,33,34)/t20-,21+,26-/m1/s1. The lowest BCUT2D eigenvalue weighted by Crippen LogP contribution is -2.49. The van der Waals surface area contributed by atoms with Crippen molar-refractivity contribution in [3.8, 4) is 11.5 Å². The maximum Gasteiger partial charge on any atom is 0.308 e. The van der Waals surface area contributed by atoms with Gasteiger partial charge in [0.1, 0.15) is 0 Å². The van der Waals surface area contributed by atoms with Crippen LogP contribution in [0.5, 0.6) is 11.5 Å². The lowest BCUT2D eigenvalue weighted by molar-refractivity contribution is -0.144. The second-order valence-corrected chi connectivity index (χ2v) is 10.1. The Kier molecular flexibility index (Phi) is 8.72. The highest BCUT2D eigenvalue weighted by Gasteiger charge is 2.48. The number of unbranched alkanes of at least 4 members (excludes halogenated alkanes) is 2. The van der Waals surface area contributed by atoms with E-state index >= 15 is 0 Å². The molecule has 0 unspecified atom stereocenters. The molecule has 3 aliphatic heterocycles. The first kappa shape index (κ1) is 26.3. The van der Waals surface area contributed by atoms with Crippen LogP contribution in [0, 0.1) is 5.92 Å². The molecule has 198 valence electrons. The number of benzene rings is 1. The van der Waals surface area contributed by atoms with E-state index in [1.165, 1.54) is 0 Å². The van der Waals surface area contributed by atoms with Gasteiger partial charge in [0.15, 0.2) is 11.5 Å². The Morgan fingerprint density at radius 2 is 1.83 bits per heavy atom. The van der Waals surface area contributed by atoms with Crippen molar-refractivity contribution in [3.05, 3.63) is 23.8 Å². The number of carbonyl (C=O) groups is 3. The van der Waals surface area contributed by atoms with Gasteiger partial charge in [0.2, 0.25) is 18.6 Å². The van der Waals surface area contributed by atoms with E-state index in [1.807, 2.05) is 28.0 Å². The summed E-state index contributed by atoms with van der Waals surface area (Å²) in [6.45, 7) is 7.36. The molecule has 0 radical (unpaired) electrons. The minimum Gasteiger partial charge on any atom is -0.481 e. The molecule has 0 spiro atoms. The average Bonchev–Trinajstić information content (AvgIpc) is 3.58. The summed E-state index contributed by atoms with van der Waals surface area (Å²) in [4.78, 5) is 44.3. The molecule has 3 heterocycles. The van der Waals surface area contributed by atoms with Crippen LogP contribution in [-0.2, 0) is 14.4 Å². The van der Waals surface area contributed by atoms with Crippen LogP contribution >= 0.6 is 0 Å². The van der Waals surface area contributed by atoms with Crippen molar-refractivity contribution in [1.29, 1.82) is 0 Å². The number of fused-ring (bicyclic) bond motifs is 1. The number of hydrogen-bond acceptors (Lipinski definition) is 6. The number of carboxylic acids is 1. The van der Waals surface area contributed by atoms with Crippen molar-refractivity contribution in [3.63, 3.8) is 0 Å². The molecule has 2 amide bonds. The molecule has 0 bridgehead atoms. The predicted octanol–water partition coefficient (Wildman–Crippen LogP) is 2.94. The van der Waals surface area contributed by atoms with Crippen LogP contribution in [0.25, 0.3) is 0 Å². The Labute approximate surface area is 213 Å². The molecule has 2 saturated heterocycles. The molecule has 3 atom stereocenters. The second-order valence-electron chi connectivity index (χ2n) is 10.1.